The third kappa shape index (κ3) is 2.15. The average molecular weight is 241 g/mol. The van der Waals surface area contributed by atoms with Gasteiger partial charge < -0.3 is 13.9 Å². The maximum absolute atomic E-state index is 10.5. The van der Waals surface area contributed by atoms with Gasteiger partial charge in [0.2, 0.25) is 0 Å². The molecule has 1 aromatic carbocycles. The monoisotopic (exact) mass is 241 g/mol. The van der Waals surface area contributed by atoms with Crippen molar-refractivity contribution in [3.63, 3.8) is 0 Å². The summed E-state index contributed by atoms with van der Waals surface area (Å²) in [4.78, 5) is 10.1. The molecule has 1 aliphatic rings. The quantitative estimate of drug-likeness (QED) is 0.424. The second-order valence-corrected chi connectivity index (χ2v) is 3.97. The van der Waals surface area contributed by atoms with Gasteiger partial charge in [0.15, 0.2) is 17.6 Å². The van der Waals surface area contributed by atoms with E-state index >= 15 is 0 Å². The zero-order valence-electron chi connectivity index (χ0n) is 8.71. The van der Waals surface area contributed by atoms with E-state index in [9.17, 15) is 10.1 Å². The van der Waals surface area contributed by atoms with Crippen LogP contribution in [0.5, 0.6) is 11.5 Å². The van der Waals surface area contributed by atoms with Gasteiger partial charge in [-0.05, 0) is 6.07 Å². The number of ether oxygens (including phenoxy) is 2. The highest BCUT2D eigenvalue weighted by Gasteiger charge is 2.22. The molecule has 0 aliphatic carbocycles. The molecule has 0 aromatic heterocycles. The van der Waals surface area contributed by atoms with Crippen LogP contribution in [0.15, 0.2) is 18.2 Å². The minimum atomic E-state index is -0.462. The predicted molar refractivity (Wildman–Crippen MR) is 58.9 cm³/mol. The summed E-state index contributed by atoms with van der Waals surface area (Å²) in [6.07, 6.45) is -0.133. The summed E-state index contributed by atoms with van der Waals surface area (Å²) >= 11 is 0. The Bertz CT molecular complexity index is 411. The fourth-order valence-corrected chi connectivity index (χ4v) is 1.86. The molecule has 0 N–H and O–H groups in total. The van der Waals surface area contributed by atoms with Crippen molar-refractivity contribution >= 4 is 16.2 Å². The predicted octanol–water partition coefficient (Wildman–Crippen LogP) is 0.0316. The minimum Gasteiger partial charge on any atom is -0.485 e. The zero-order valence-corrected chi connectivity index (χ0v) is 10.7. The average Bonchev–Trinajstić information content (AvgIpc) is 2.28. The Hall–Kier alpha value is -1.60. The van der Waals surface area contributed by atoms with Crippen LogP contribution in [0.25, 0.3) is 0 Å². The number of nitro groups is 1. The number of fused-ring (bicyclic) bond motifs is 1. The smallest absolute Gasteiger partial charge is 0.273 e. The van der Waals surface area contributed by atoms with E-state index in [2.05, 4.69) is 0 Å². The van der Waals surface area contributed by atoms with E-state index < -0.39 is 4.92 Å². The first-order valence-corrected chi connectivity index (χ1v) is 5.59. The number of nitro benzene ring substituents is 1. The summed E-state index contributed by atoms with van der Waals surface area (Å²) in [5.74, 6) is 0.944. The molecule has 0 saturated heterocycles. The van der Waals surface area contributed by atoms with Gasteiger partial charge in [-0.3, -0.25) is 10.1 Å². The van der Waals surface area contributed by atoms with Crippen molar-refractivity contribution in [3.05, 3.63) is 28.3 Å². The lowest BCUT2D eigenvalue weighted by atomic mass is 10.2. The fourth-order valence-electron chi connectivity index (χ4n) is 1.48. The van der Waals surface area contributed by atoms with Gasteiger partial charge in [-0.25, -0.2) is 0 Å². The zero-order chi connectivity index (χ0) is 11.5. The summed E-state index contributed by atoms with van der Waals surface area (Å²) in [5, 5.41) is 10.5. The Balaban J connectivity index is 2.19. The second-order valence-electron chi connectivity index (χ2n) is 3.39. The van der Waals surface area contributed by atoms with Gasteiger partial charge >= 0.3 is 0 Å². The normalized spacial score (nSPS) is 18.4. The maximum Gasteiger partial charge on any atom is 0.273 e. The number of hydrogen-bond acceptors (Lipinski definition) is 5. The molecule has 2 rings (SSSR count). The molecule has 6 nitrogen and oxygen atoms in total. The van der Waals surface area contributed by atoms with Gasteiger partial charge in [-0.2, -0.15) is 0 Å². The van der Waals surface area contributed by atoms with Crippen LogP contribution in [0, 0.1) is 10.1 Å². The Labute approximate surface area is 94.8 Å². The molecule has 86 valence electrons. The molecule has 1 heterocycles. The lowest BCUT2D eigenvalue weighted by molar-refractivity contribution is -0.385. The molecule has 1 atom stereocenters. The molecule has 0 fully saturated rings. The fraction of sp³-hybridized carbons (Fsp3) is 0.333. The van der Waals surface area contributed by atoms with Gasteiger partial charge in [0, 0.05) is 6.07 Å². The van der Waals surface area contributed by atoms with Gasteiger partial charge in [-0.15, -0.1) is 0 Å². The molecule has 0 bridgehead atoms. The second kappa shape index (κ2) is 4.50. The van der Waals surface area contributed by atoms with Crippen molar-refractivity contribution in [2.24, 2.45) is 0 Å². The first-order valence-electron chi connectivity index (χ1n) is 4.77. The Morgan fingerprint density at radius 2 is 2.38 bits per heavy atom. The number of non-ortho nitro benzene ring substituents is 1. The van der Waals surface area contributed by atoms with E-state index in [1.54, 1.807) is 6.07 Å². The van der Waals surface area contributed by atoms with Crippen molar-refractivity contribution in [2.75, 3.05) is 13.2 Å². The van der Waals surface area contributed by atoms with E-state index in [1.165, 1.54) is 12.1 Å². The van der Waals surface area contributed by atoms with E-state index in [0.29, 0.717) is 35.2 Å². The molecule has 1 unspecified atom stereocenters. The van der Waals surface area contributed by atoms with Crippen molar-refractivity contribution in [1.29, 1.82) is 0 Å². The lowest BCUT2D eigenvalue weighted by Crippen LogP contribution is -2.33. The van der Waals surface area contributed by atoms with Gasteiger partial charge in [0.05, 0.1) is 17.6 Å². The van der Waals surface area contributed by atoms with Gasteiger partial charge in [0.25, 0.3) is 5.69 Å². The topological polar surface area (TPSA) is 70.8 Å². The molecule has 0 radical (unpaired) electrons. The Morgan fingerprint density at radius 1 is 1.56 bits per heavy atom. The highest BCUT2D eigenvalue weighted by atomic mass is 28.2. The Kier molecular flexibility index (Phi) is 3.06. The third-order valence-electron chi connectivity index (χ3n) is 2.21. The first kappa shape index (κ1) is 10.9. The standard InChI is InChI=1S/C9H11NO5Si/c11-10(12)6-1-2-8-9(3-6)13-4-7(15-8)5-14-16/h1-3,7H,4-5H2,16H3. The molecule has 16 heavy (non-hydrogen) atoms. The molecule has 1 aromatic rings. The third-order valence-corrected chi connectivity index (χ3v) is 2.54. The number of hydrogen-bond donors (Lipinski definition) is 0. The SMILES string of the molecule is O=[N+]([O-])c1ccc2c(c1)OCC(CO[SiH3])O2. The summed E-state index contributed by atoms with van der Waals surface area (Å²) in [7, 11) is 0.650. The number of nitrogens with zero attached hydrogens (tertiary/aromatic N) is 1. The van der Waals surface area contributed by atoms with Crippen molar-refractivity contribution in [3.8, 4) is 11.5 Å². The van der Waals surface area contributed by atoms with Crippen LogP contribution in [0.3, 0.4) is 0 Å². The molecular formula is C9H11NO5Si. The Morgan fingerprint density at radius 3 is 3.06 bits per heavy atom. The summed E-state index contributed by atoms with van der Waals surface area (Å²) in [5.41, 5.74) is -0.0000473. The van der Waals surface area contributed by atoms with E-state index in [4.69, 9.17) is 13.9 Å². The van der Waals surface area contributed by atoms with Crippen LogP contribution >= 0.6 is 0 Å². The number of benzene rings is 1. The van der Waals surface area contributed by atoms with Gasteiger partial charge in [0.1, 0.15) is 17.1 Å². The molecule has 0 spiro atoms. The van der Waals surface area contributed by atoms with Gasteiger partial charge in [-0.1, -0.05) is 0 Å². The van der Waals surface area contributed by atoms with E-state index in [1.807, 2.05) is 0 Å². The van der Waals surface area contributed by atoms with Crippen molar-refractivity contribution in [1.82, 2.24) is 0 Å². The van der Waals surface area contributed by atoms with Crippen LogP contribution in [-0.4, -0.2) is 34.7 Å². The summed E-state index contributed by atoms with van der Waals surface area (Å²) in [6, 6.07) is 4.31. The highest BCUT2D eigenvalue weighted by Crippen LogP contribution is 2.34. The first-order chi connectivity index (χ1) is 7.70. The van der Waals surface area contributed by atoms with Crippen LogP contribution in [0.4, 0.5) is 5.69 Å². The molecule has 0 saturated carbocycles. The lowest BCUT2D eigenvalue weighted by Gasteiger charge is -2.25. The van der Waals surface area contributed by atoms with E-state index in [-0.39, 0.29) is 11.8 Å². The van der Waals surface area contributed by atoms with Crippen LogP contribution in [0.2, 0.25) is 0 Å². The maximum atomic E-state index is 10.5. The van der Waals surface area contributed by atoms with E-state index in [0.717, 1.165) is 0 Å². The summed E-state index contributed by atoms with van der Waals surface area (Å²) < 4.78 is 16.0. The molecular weight excluding hydrogens is 230 g/mol. The van der Waals surface area contributed by atoms with Crippen molar-refractivity contribution < 1.29 is 18.8 Å². The van der Waals surface area contributed by atoms with Crippen LogP contribution in [0.1, 0.15) is 0 Å². The number of rotatable bonds is 3. The highest BCUT2D eigenvalue weighted by molar-refractivity contribution is 5.97. The van der Waals surface area contributed by atoms with Crippen LogP contribution in [-0.2, 0) is 4.43 Å². The summed E-state index contributed by atoms with van der Waals surface area (Å²) in [6.45, 7) is 0.846. The van der Waals surface area contributed by atoms with Crippen LogP contribution < -0.4 is 9.47 Å². The molecule has 7 heteroatoms. The minimum absolute atomic E-state index is 0.0000473. The molecule has 1 aliphatic heterocycles. The molecule has 0 amide bonds. The largest absolute Gasteiger partial charge is 0.485 e. The van der Waals surface area contributed by atoms with Crippen molar-refractivity contribution in [2.45, 2.75) is 6.10 Å².